The molecular formula is C14H23NO2. The number of rotatable bonds is 7. The number of benzene rings is 1. The van der Waals surface area contributed by atoms with Gasteiger partial charge in [0.2, 0.25) is 0 Å². The van der Waals surface area contributed by atoms with Crippen molar-refractivity contribution in [3.8, 4) is 0 Å². The Labute approximate surface area is 104 Å². The molecule has 2 N–H and O–H groups in total. The molecule has 3 heteroatoms. The molecule has 0 aliphatic heterocycles. The van der Waals surface area contributed by atoms with Gasteiger partial charge in [-0.15, -0.1) is 0 Å². The summed E-state index contributed by atoms with van der Waals surface area (Å²) in [6, 6.07) is 9.84. The van der Waals surface area contributed by atoms with E-state index in [0.29, 0.717) is 12.0 Å². The maximum atomic E-state index is 9.85. The van der Waals surface area contributed by atoms with Crippen LogP contribution in [0.25, 0.3) is 0 Å². The molecule has 0 heterocycles. The molecule has 0 amide bonds. The fraction of sp³-hybridized carbons (Fsp3) is 0.571. The summed E-state index contributed by atoms with van der Waals surface area (Å²) in [5.41, 5.74) is 3.83. The highest BCUT2D eigenvalue weighted by atomic mass is 16.6. The van der Waals surface area contributed by atoms with E-state index in [1.807, 2.05) is 30.3 Å². The van der Waals surface area contributed by atoms with E-state index in [1.165, 1.54) is 0 Å². The summed E-state index contributed by atoms with van der Waals surface area (Å²) in [5, 5.41) is 9.85. The Kier molecular flexibility index (Phi) is 6.19. The van der Waals surface area contributed by atoms with Crippen molar-refractivity contribution in [2.75, 3.05) is 6.61 Å². The fourth-order valence-electron chi connectivity index (χ4n) is 1.80. The Bertz CT molecular complexity index is 300. The molecule has 1 aromatic carbocycles. The average molecular weight is 237 g/mol. The summed E-state index contributed by atoms with van der Waals surface area (Å²) in [6.07, 6.45) is 0.483. The fourth-order valence-corrected chi connectivity index (χ4v) is 1.80. The summed E-state index contributed by atoms with van der Waals surface area (Å²) >= 11 is 0. The largest absolute Gasteiger partial charge is 0.386 e. The van der Waals surface area contributed by atoms with Gasteiger partial charge < -0.3 is 5.11 Å². The van der Waals surface area contributed by atoms with Crippen molar-refractivity contribution in [3.05, 3.63) is 35.9 Å². The quantitative estimate of drug-likeness (QED) is 0.716. The van der Waals surface area contributed by atoms with Crippen molar-refractivity contribution >= 4 is 0 Å². The minimum Gasteiger partial charge on any atom is -0.386 e. The second kappa shape index (κ2) is 7.43. The second-order valence-corrected chi connectivity index (χ2v) is 4.89. The van der Waals surface area contributed by atoms with E-state index in [4.69, 9.17) is 4.84 Å². The summed E-state index contributed by atoms with van der Waals surface area (Å²) in [5.74, 6) is 0.639. The van der Waals surface area contributed by atoms with E-state index < -0.39 is 6.10 Å². The summed E-state index contributed by atoms with van der Waals surface area (Å²) in [7, 11) is 0. The van der Waals surface area contributed by atoms with Crippen LogP contribution in [0.5, 0.6) is 0 Å². The summed E-state index contributed by atoms with van der Waals surface area (Å²) < 4.78 is 0. The van der Waals surface area contributed by atoms with Gasteiger partial charge in [0, 0.05) is 6.04 Å². The van der Waals surface area contributed by atoms with Crippen LogP contribution in [0, 0.1) is 5.92 Å². The molecule has 0 unspecified atom stereocenters. The first-order valence-corrected chi connectivity index (χ1v) is 6.20. The molecular weight excluding hydrogens is 214 g/mol. The Morgan fingerprint density at radius 1 is 1.18 bits per heavy atom. The standard InChI is InChI=1S/C14H23NO2/c1-11(2)9-12(3)15-17-10-14(16)13-7-5-4-6-8-13/h4-8,11-12,14-16H,9-10H2,1-3H3/t12-,14+/m1/s1. The van der Waals surface area contributed by atoms with Gasteiger partial charge in [-0.05, 0) is 24.8 Å². The van der Waals surface area contributed by atoms with E-state index in [9.17, 15) is 5.11 Å². The molecule has 3 nitrogen and oxygen atoms in total. The zero-order valence-corrected chi connectivity index (χ0v) is 10.9. The van der Waals surface area contributed by atoms with E-state index in [1.54, 1.807) is 0 Å². The third-order valence-electron chi connectivity index (χ3n) is 2.54. The van der Waals surface area contributed by atoms with Crippen molar-refractivity contribution in [2.45, 2.75) is 39.3 Å². The van der Waals surface area contributed by atoms with Gasteiger partial charge in [0.15, 0.2) is 0 Å². The van der Waals surface area contributed by atoms with Crippen LogP contribution in [-0.4, -0.2) is 17.8 Å². The Hall–Kier alpha value is -0.900. The molecule has 96 valence electrons. The third kappa shape index (κ3) is 5.82. The maximum Gasteiger partial charge on any atom is 0.104 e. The van der Waals surface area contributed by atoms with Crippen molar-refractivity contribution in [3.63, 3.8) is 0 Å². The number of aliphatic hydroxyl groups excluding tert-OH is 1. The monoisotopic (exact) mass is 237 g/mol. The van der Waals surface area contributed by atoms with Gasteiger partial charge in [0.25, 0.3) is 0 Å². The van der Waals surface area contributed by atoms with Crippen LogP contribution >= 0.6 is 0 Å². The highest BCUT2D eigenvalue weighted by Gasteiger charge is 2.09. The van der Waals surface area contributed by atoms with Crippen molar-refractivity contribution in [1.29, 1.82) is 0 Å². The Balaban J connectivity index is 2.23. The van der Waals surface area contributed by atoms with Crippen LogP contribution < -0.4 is 5.48 Å². The summed E-state index contributed by atoms with van der Waals surface area (Å²) in [4.78, 5) is 5.31. The van der Waals surface area contributed by atoms with Crippen LogP contribution in [-0.2, 0) is 4.84 Å². The molecule has 2 atom stereocenters. The maximum absolute atomic E-state index is 9.85. The molecule has 0 radical (unpaired) electrons. The van der Waals surface area contributed by atoms with Crippen LogP contribution in [0.15, 0.2) is 30.3 Å². The number of hydrogen-bond acceptors (Lipinski definition) is 3. The lowest BCUT2D eigenvalue weighted by atomic mass is 10.1. The van der Waals surface area contributed by atoms with Crippen molar-refractivity contribution in [2.24, 2.45) is 5.92 Å². The van der Waals surface area contributed by atoms with Crippen LogP contribution in [0.4, 0.5) is 0 Å². The number of hydroxylamine groups is 1. The lowest BCUT2D eigenvalue weighted by Gasteiger charge is -2.17. The molecule has 1 aromatic rings. The molecule has 0 saturated carbocycles. The average Bonchev–Trinajstić information content (AvgIpc) is 2.29. The lowest BCUT2D eigenvalue weighted by Crippen LogP contribution is -2.29. The summed E-state index contributed by atoms with van der Waals surface area (Å²) in [6.45, 7) is 6.70. The highest BCUT2D eigenvalue weighted by Crippen LogP contribution is 2.12. The van der Waals surface area contributed by atoms with Gasteiger partial charge in [0.05, 0.1) is 6.61 Å². The van der Waals surface area contributed by atoms with E-state index >= 15 is 0 Å². The number of aliphatic hydroxyl groups is 1. The Morgan fingerprint density at radius 2 is 1.82 bits per heavy atom. The van der Waals surface area contributed by atoms with Crippen molar-refractivity contribution in [1.82, 2.24) is 5.48 Å². The zero-order chi connectivity index (χ0) is 12.7. The van der Waals surface area contributed by atoms with Crippen LogP contribution in [0.2, 0.25) is 0 Å². The lowest BCUT2D eigenvalue weighted by molar-refractivity contribution is -0.0359. The van der Waals surface area contributed by atoms with E-state index in [0.717, 1.165) is 12.0 Å². The van der Waals surface area contributed by atoms with Gasteiger partial charge in [-0.1, -0.05) is 44.2 Å². The first-order chi connectivity index (χ1) is 8.09. The minimum absolute atomic E-state index is 0.270. The smallest absolute Gasteiger partial charge is 0.104 e. The first-order valence-electron chi connectivity index (χ1n) is 6.20. The minimum atomic E-state index is -0.574. The van der Waals surface area contributed by atoms with Gasteiger partial charge in [-0.3, -0.25) is 4.84 Å². The van der Waals surface area contributed by atoms with Crippen LogP contribution in [0.3, 0.4) is 0 Å². The first kappa shape index (κ1) is 14.2. The topological polar surface area (TPSA) is 41.5 Å². The van der Waals surface area contributed by atoms with Gasteiger partial charge in [0.1, 0.15) is 6.10 Å². The Morgan fingerprint density at radius 3 is 2.41 bits per heavy atom. The third-order valence-corrected chi connectivity index (χ3v) is 2.54. The molecule has 17 heavy (non-hydrogen) atoms. The van der Waals surface area contributed by atoms with Crippen LogP contribution in [0.1, 0.15) is 38.9 Å². The van der Waals surface area contributed by atoms with Gasteiger partial charge in [-0.2, -0.15) is 5.48 Å². The van der Waals surface area contributed by atoms with Crippen molar-refractivity contribution < 1.29 is 9.94 Å². The van der Waals surface area contributed by atoms with Gasteiger partial charge >= 0.3 is 0 Å². The number of hydrogen-bond donors (Lipinski definition) is 2. The van der Waals surface area contributed by atoms with Gasteiger partial charge in [-0.25, -0.2) is 0 Å². The number of nitrogens with one attached hydrogen (secondary N) is 1. The van der Waals surface area contributed by atoms with E-state index in [-0.39, 0.29) is 6.61 Å². The zero-order valence-electron chi connectivity index (χ0n) is 10.9. The predicted octanol–water partition coefficient (Wildman–Crippen LogP) is 2.68. The molecule has 1 rings (SSSR count). The normalized spacial score (nSPS) is 14.9. The molecule has 0 spiro atoms. The molecule has 0 aromatic heterocycles. The predicted molar refractivity (Wildman–Crippen MR) is 69.4 cm³/mol. The second-order valence-electron chi connectivity index (χ2n) is 4.89. The molecule has 0 fully saturated rings. The highest BCUT2D eigenvalue weighted by molar-refractivity contribution is 5.17. The SMILES string of the molecule is CC(C)C[C@@H](C)NOC[C@H](O)c1ccccc1. The molecule has 0 saturated heterocycles. The molecule has 0 aliphatic rings. The molecule has 0 bridgehead atoms. The molecule has 0 aliphatic carbocycles. The van der Waals surface area contributed by atoms with E-state index in [2.05, 4.69) is 26.3 Å².